The van der Waals surface area contributed by atoms with Gasteiger partial charge in [0.15, 0.2) is 0 Å². The predicted molar refractivity (Wildman–Crippen MR) is 137 cm³/mol. The summed E-state index contributed by atoms with van der Waals surface area (Å²) >= 11 is 2.26. The number of rotatable bonds is 9. The minimum absolute atomic E-state index is 0. The second kappa shape index (κ2) is 12.9. The lowest BCUT2D eigenvalue weighted by Gasteiger charge is -2.33. The maximum Gasteiger partial charge on any atom is 0.266 e. The lowest BCUT2D eigenvalue weighted by atomic mass is 10.1. The molecule has 0 radical (unpaired) electrons. The average Bonchev–Trinajstić information content (AvgIpc) is 2.69. The average molecular weight is 583 g/mol. The van der Waals surface area contributed by atoms with Crippen LogP contribution in [0.4, 0.5) is 21.6 Å². The number of hydrogen-bond acceptors (Lipinski definition) is 6. The lowest BCUT2D eigenvalue weighted by Crippen LogP contribution is -2.41. The van der Waals surface area contributed by atoms with Gasteiger partial charge in [-0.05, 0) is 59.5 Å². The van der Waals surface area contributed by atoms with Gasteiger partial charge in [0.2, 0.25) is 5.95 Å². The van der Waals surface area contributed by atoms with Crippen LogP contribution in [-0.2, 0) is 4.79 Å². The molecule has 1 aromatic heterocycles. The standard InChI is InChI=1S/C20H24FIN6O.2ClH/c1-2-27(9-8-24-19-5-3-4-18(21)26-19)10-11-28-16-7-6-14(22)12-15(16)25-13-17(28)20(23)29;;/h3-7,12-13,25H,2,8-11H2,1H3,(H2,23,29)(H,24,26);2*1H. The highest BCUT2D eigenvalue weighted by Gasteiger charge is 2.23. The number of nitrogens with zero attached hydrogens (tertiary/aromatic N) is 3. The van der Waals surface area contributed by atoms with Gasteiger partial charge >= 0.3 is 0 Å². The minimum atomic E-state index is -0.500. The van der Waals surface area contributed by atoms with E-state index in [-0.39, 0.29) is 24.8 Å². The fourth-order valence-electron chi connectivity index (χ4n) is 3.18. The van der Waals surface area contributed by atoms with Crippen molar-refractivity contribution in [2.75, 3.05) is 48.3 Å². The number of hydrogen-bond donors (Lipinski definition) is 3. The van der Waals surface area contributed by atoms with Crippen LogP contribution in [0.15, 0.2) is 48.3 Å². The summed E-state index contributed by atoms with van der Waals surface area (Å²) in [6.45, 7) is 5.69. The largest absolute Gasteiger partial charge is 0.369 e. The van der Waals surface area contributed by atoms with Crippen LogP contribution in [0.5, 0.6) is 0 Å². The molecule has 2 heterocycles. The third-order valence-electron chi connectivity index (χ3n) is 4.69. The predicted octanol–water partition coefficient (Wildman–Crippen LogP) is 3.66. The van der Waals surface area contributed by atoms with Gasteiger partial charge in [-0.15, -0.1) is 24.8 Å². The molecule has 1 aliphatic rings. The van der Waals surface area contributed by atoms with E-state index in [0.29, 0.717) is 24.6 Å². The van der Waals surface area contributed by atoms with E-state index >= 15 is 0 Å². The van der Waals surface area contributed by atoms with Gasteiger partial charge in [-0.2, -0.15) is 4.39 Å². The molecule has 2 aromatic rings. The number of pyridine rings is 1. The number of fused-ring (bicyclic) bond motifs is 1. The Balaban J connectivity index is 0.00000240. The number of anilines is 3. The van der Waals surface area contributed by atoms with Gasteiger partial charge < -0.3 is 26.2 Å². The molecule has 4 N–H and O–H groups in total. The Morgan fingerprint density at radius 2 is 2.06 bits per heavy atom. The Morgan fingerprint density at radius 3 is 2.74 bits per heavy atom. The van der Waals surface area contributed by atoms with Gasteiger partial charge in [-0.3, -0.25) is 4.79 Å². The normalized spacial score (nSPS) is 12.1. The van der Waals surface area contributed by atoms with Crippen molar-refractivity contribution in [2.45, 2.75) is 6.92 Å². The molecule has 1 amide bonds. The number of amides is 1. The third kappa shape index (κ3) is 7.37. The minimum Gasteiger partial charge on any atom is -0.369 e. The molecule has 0 bridgehead atoms. The van der Waals surface area contributed by atoms with Crippen LogP contribution in [-0.4, -0.2) is 48.5 Å². The number of nitrogens with one attached hydrogen (secondary N) is 2. The molecule has 0 fully saturated rings. The van der Waals surface area contributed by atoms with Crippen LogP contribution in [0.2, 0.25) is 0 Å². The van der Waals surface area contributed by atoms with E-state index in [9.17, 15) is 9.18 Å². The molecule has 170 valence electrons. The van der Waals surface area contributed by atoms with Crippen molar-refractivity contribution in [2.24, 2.45) is 5.73 Å². The fourth-order valence-corrected chi connectivity index (χ4v) is 3.67. The summed E-state index contributed by atoms with van der Waals surface area (Å²) < 4.78 is 14.3. The quantitative estimate of drug-likeness (QED) is 0.309. The van der Waals surface area contributed by atoms with Gasteiger partial charge in [0.05, 0.1) is 11.4 Å². The van der Waals surface area contributed by atoms with Crippen molar-refractivity contribution in [3.63, 3.8) is 0 Å². The second-order valence-corrected chi connectivity index (χ2v) is 7.80. The van der Waals surface area contributed by atoms with Crippen LogP contribution < -0.4 is 21.3 Å². The van der Waals surface area contributed by atoms with Crippen LogP contribution in [0.1, 0.15) is 6.92 Å². The molecule has 3 rings (SSSR count). The van der Waals surface area contributed by atoms with E-state index in [4.69, 9.17) is 5.73 Å². The number of likely N-dealkylation sites (N-methyl/N-ethyl adjacent to an activating group) is 1. The lowest BCUT2D eigenvalue weighted by molar-refractivity contribution is -0.114. The van der Waals surface area contributed by atoms with Crippen molar-refractivity contribution in [3.05, 3.63) is 57.8 Å². The first-order valence-electron chi connectivity index (χ1n) is 9.40. The first-order valence-corrected chi connectivity index (χ1v) is 10.5. The van der Waals surface area contributed by atoms with Crippen molar-refractivity contribution in [3.8, 4) is 0 Å². The van der Waals surface area contributed by atoms with Crippen molar-refractivity contribution in [1.29, 1.82) is 0 Å². The van der Waals surface area contributed by atoms with Crippen LogP contribution in [0, 0.1) is 9.52 Å². The molecule has 0 atom stereocenters. The van der Waals surface area contributed by atoms with E-state index in [2.05, 4.69) is 50.0 Å². The van der Waals surface area contributed by atoms with E-state index in [0.717, 1.165) is 34.6 Å². The molecule has 0 spiro atoms. The molecule has 1 aliphatic heterocycles. The molecular weight excluding hydrogens is 557 g/mol. The van der Waals surface area contributed by atoms with Crippen molar-refractivity contribution >= 4 is 70.5 Å². The number of primary amides is 1. The van der Waals surface area contributed by atoms with Gasteiger partial charge in [-0.25, -0.2) is 4.98 Å². The molecule has 0 unspecified atom stereocenters. The number of aromatic nitrogens is 1. The topological polar surface area (TPSA) is 86.5 Å². The Labute approximate surface area is 207 Å². The highest BCUT2D eigenvalue weighted by Crippen LogP contribution is 2.33. The SMILES string of the molecule is CCN(CCNc1cccc(F)n1)CCN1C(C(N)=O)=CNc2cc(I)ccc21.Cl.Cl. The van der Waals surface area contributed by atoms with E-state index < -0.39 is 11.9 Å². The highest BCUT2D eigenvalue weighted by atomic mass is 127. The molecule has 31 heavy (non-hydrogen) atoms. The number of carbonyl (C=O) groups is 1. The van der Waals surface area contributed by atoms with Crippen LogP contribution in [0.25, 0.3) is 0 Å². The fraction of sp³-hybridized carbons (Fsp3) is 0.300. The summed E-state index contributed by atoms with van der Waals surface area (Å²) in [6, 6.07) is 10.7. The van der Waals surface area contributed by atoms with Gasteiger partial charge in [0.1, 0.15) is 11.5 Å². The number of halogens is 4. The zero-order valence-corrected chi connectivity index (χ0v) is 20.8. The number of carbonyl (C=O) groups excluding carboxylic acids is 1. The molecule has 7 nitrogen and oxygen atoms in total. The van der Waals surface area contributed by atoms with E-state index in [1.54, 1.807) is 18.3 Å². The summed E-state index contributed by atoms with van der Waals surface area (Å²) in [6.07, 6.45) is 1.66. The molecule has 0 saturated heterocycles. The van der Waals surface area contributed by atoms with Gasteiger partial charge in [0, 0.05) is 35.9 Å². The Hall–Kier alpha value is -1.82. The Bertz CT molecular complexity index is 917. The van der Waals surface area contributed by atoms with E-state index in [1.165, 1.54) is 6.07 Å². The molecule has 1 aromatic carbocycles. The van der Waals surface area contributed by atoms with Crippen molar-refractivity contribution < 1.29 is 9.18 Å². The Kier molecular flexibility index (Phi) is 11.3. The summed E-state index contributed by atoms with van der Waals surface area (Å²) in [4.78, 5) is 19.9. The molecule has 0 aliphatic carbocycles. The molecular formula is C20H26Cl2FIN6O. The van der Waals surface area contributed by atoms with Gasteiger partial charge in [0.25, 0.3) is 5.91 Å². The highest BCUT2D eigenvalue weighted by molar-refractivity contribution is 14.1. The summed E-state index contributed by atoms with van der Waals surface area (Å²) in [7, 11) is 0. The van der Waals surface area contributed by atoms with Gasteiger partial charge in [-0.1, -0.05) is 13.0 Å². The van der Waals surface area contributed by atoms with E-state index in [1.807, 2.05) is 23.1 Å². The Morgan fingerprint density at radius 1 is 1.29 bits per heavy atom. The molecule has 11 heteroatoms. The zero-order valence-electron chi connectivity index (χ0n) is 17.0. The van der Waals surface area contributed by atoms with Crippen LogP contribution >= 0.6 is 47.4 Å². The zero-order chi connectivity index (χ0) is 20.8. The molecule has 0 saturated carbocycles. The number of nitrogens with two attached hydrogens (primary N) is 1. The summed E-state index contributed by atoms with van der Waals surface area (Å²) in [5, 5.41) is 6.29. The smallest absolute Gasteiger partial charge is 0.266 e. The maximum absolute atomic E-state index is 13.2. The monoisotopic (exact) mass is 582 g/mol. The first-order chi connectivity index (χ1) is 14.0. The third-order valence-corrected chi connectivity index (χ3v) is 5.36. The number of benzene rings is 1. The summed E-state index contributed by atoms with van der Waals surface area (Å²) in [5.41, 5.74) is 7.91. The maximum atomic E-state index is 13.2. The second-order valence-electron chi connectivity index (χ2n) is 6.56. The summed E-state index contributed by atoms with van der Waals surface area (Å²) in [5.74, 6) is -0.450. The van der Waals surface area contributed by atoms with Crippen molar-refractivity contribution in [1.82, 2.24) is 9.88 Å². The van der Waals surface area contributed by atoms with Crippen LogP contribution in [0.3, 0.4) is 0 Å². The first kappa shape index (κ1) is 27.2.